The van der Waals surface area contributed by atoms with Gasteiger partial charge in [-0.15, -0.1) is 0 Å². The molecule has 0 aromatic rings. The van der Waals surface area contributed by atoms with E-state index in [0.717, 1.165) is 36.0 Å². The molecule has 1 heteroatoms. The molecule has 1 atom stereocenters. The second kappa shape index (κ2) is 8.41. The molecule has 0 amide bonds. The van der Waals surface area contributed by atoms with Gasteiger partial charge in [-0.1, -0.05) is 39.5 Å². The van der Waals surface area contributed by atoms with E-state index in [1.165, 1.54) is 64.2 Å². The van der Waals surface area contributed by atoms with Gasteiger partial charge in [-0.25, -0.2) is 0 Å². The lowest BCUT2D eigenvalue weighted by Crippen LogP contribution is -2.27. The maximum atomic E-state index is 9.09. The second-order valence-electron chi connectivity index (χ2n) is 7.73. The summed E-state index contributed by atoms with van der Waals surface area (Å²) in [6.45, 7) is 5.06. The third-order valence-corrected chi connectivity index (χ3v) is 6.46. The van der Waals surface area contributed by atoms with Gasteiger partial charge >= 0.3 is 0 Å². The molecule has 2 aliphatic rings. The summed E-state index contributed by atoms with van der Waals surface area (Å²) < 4.78 is 0. The van der Waals surface area contributed by atoms with Gasteiger partial charge in [-0.05, 0) is 74.5 Å². The van der Waals surface area contributed by atoms with E-state index in [1.54, 1.807) is 0 Å². The molecular weight excluding hydrogens is 244 g/mol. The van der Waals surface area contributed by atoms with Crippen LogP contribution in [0.15, 0.2) is 0 Å². The summed E-state index contributed by atoms with van der Waals surface area (Å²) in [6, 6.07) is 0. The lowest BCUT2D eigenvalue weighted by atomic mass is 9.67. The van der Waals surface area contributed by atoms with Crippen molar-refractivity contribution in [3.05, 3.63) is 0 Å². The molecule has 2 aliphatic carbocycles. The highest BCUT2D eigenvalue weighted by Gasteiger charge is 2.31. The van der Waals surface area contributed by atoms with E-state index >= 15 is 0 Å². The summed E-state index contributed by atoms with van der Waals surface area (Å²) in [5.41, 5.74) is 0. The Bertz CT molecular complexity index is 246. The molecular formula is C19H36O. The standard InChI is InChI=1S/C19H36O/c1-3-4-16-5-7-18(8-6-16)19-11-9-17(10-12-19)15(2)13-14-20/h15-20H,3-14H2,1-2H3. The lowest BCUT2D eigenvalue weighted by molar-refractivity contribution is 0.118. The van der Waals surface area contributed by atoms with Crippen LogP contribution in [-0.4, -0.2) is 11.7 Å². The molecule has 2 saturated carbocycles. The minimum atomic E-state index is 0.378. The average Bonchev–Trinajstić information content (AvgIpc) is 2.49. The van der Waals surface area contributed by atoms with Crippen molar-refractivity contribution in [2.45, 2.75) is 84.5 Å². The van der Waals surface area contributed by atoms with Crippen molar-refractivity contribution >= 4 is 0 Å². The van der Waals surface area contributed by atoms with E-state index in [9.17, 15) is 0 Å². The van der Waals surface area contributed by atoms with Gasteiger partial charge in [0.15, 0.2) is 0 Å². The predicted molar refractivity (Wildman–Crippen MR) is 86.7 cm³/mol. The zero-order chi connectivity index (χ0) is 14.4. The van der Waals surface area contributed by atoms with Crippen LogP contribution in [0.4, 0.5) is 0 Å². The molecule has 2 fully saturated rings. The Hall–Kier alpha value is -0.0400. The largest absolute Gasteiger partial charge is 0.396 e. The topological polar surface area (TPSA) is 20.2 Å². The first-order chi connectivity index (χ1) is 9.74. The first-order valence-electron chi connectivity index (χ1n) is 9.35. The van der Waals surface area contributed by atoms with E-state index in [2.05, 4.69) is 13.8 Å². The summed E-state index contributed by atoms with van der Waals surface area (Å²) in [6.07, 6.45) is 15.7. The molecule has 1 nitrogen and oxygen atoms in total. The predicted octanol–water partition coefficient (Wildman–Crippen LogP) is 5.42. The van der Waals surface area contributed by atoms with Gasteiger partial charge in [0.25, 0.3) is 0 Å². The summed E-state index contributed by atoms with van der Waals surface area (Å²) in [4.78, 5) is 0. The smallest absolute Gasteiger partial charge is 0.0433 e. The molecule has 20 heavy (non-hydrogen) atoms. The molecule has 2 rings (SSSR count). The molecule has 118 valence electrons. The number of hydrogen-bond donors (Lipinski definition) is 1. The Morgan fingerprint density at radius 3 is 1.95 bits per heavy atom. The minimum absolute atomic E-state index is 0.378. The maximum Gasteiger partial charge on any atom is 0.0433 e. The van der Waals surface area contributed by atoms with Crippen LogP contribution in [0, 0.1) is 29.6 Å². The van der Waals surface area contributed by atoms with Gasteiger partial charge in [-0.3, -0.25) is 0 Å². The Morgan fingerprint density at radius 2 is 1.45 bits per heavy atom. The monoisotopic (exact) mass is 280 g/mol. The van der Waals surface area contributed by atoms with Gasteiger partial charge in [0.05, 0.1) is 0 Å². The van der Waals surface area contributed by atoms with Crippen molar-refractivity contribution in [2.75, 3.05) is 6.61 Å². The van der Waals surface area contributed by atoms with Gasteiger partial charge in [-0.2, -0.15) is 0 Å². The average molecular weight is 280 g/mol. The highest BCUT2D eigenvalue weighted by molar-refractivity contribution is 4.83. The molecule has 0 spiro atoms. The third-order valence-electron chi connectivity index (χ3n) is 6.46. The molecule has 0 bridgehead atoms. The molecule has 0 saturated heterocycles. The Kier molecular flexibility index (Phi) is 6.87. The molecule has 0 radical (unpaired) electrons. The first kappa shape index (κ1) is 16.3. The molecule has 0 aromatic heterocycles. The zero-order valence-electron chi connectivity index (χ0n) is 13.8. The van der Waals surface area contributed by atoms with Gasteiger partial charge in [0.2, 0.25) is 0 Å². The summed E-state index contributed by atoms with van der Waals surface area (Å²) >= 11 is 0. The van der Waals surface area contributed by atoms with Crippen LogP contribution in [0.3, 0.4) is 0 Å². The van der Waals surface area contributed by atoms with Crippen LogP contribution in [0.5, 0.6) is 0 Å². The van der Waals surface area contributed by atoms with Crippen LogP contribution < -0.4 is 0 Å². The molecule has 0 heterocycles. The van der Waals surface area contributed by atoms with Crippen molar-refractivity contribution in [2.24, 2.45) is 29.6 Å². The van der Waals surface area contributed by atoms with Gasteiger partial charge < -0.3 is 5.11 Å². The van der Waals surface area contributed by atoms with Crippen molar-refractivity contribution in [1.82, 2.24) is 0 Å². The quantitative estimate of drug-likeness (QED) is 0.689. The normalized spacial score (nSPS) is 36.8. The Balaban J connectivity index is 1.69. The molecule has 1 unspecified atom stereocenters. The van der Waals surface area contributed by atoms with E-state index in [-0.39, 0.29) is 0 Å². The number of aliphatic hydroxyl groups excluding tert-OH is 1. The summed E-state index contributed by atoms with van der Waals surface area (Å²) in [5, 5.41) is 9.09. The minimum Gasteiger partial charge on any atom is -0.396 e. The van der Waals surface area contributed by atoms with Crippen LogP contribution >= 0.6 is 0 Å². The number of hydrogen-bond acceptors (Lipinski definition) is 1. The third kappa shape index (κ3) is 4.48. The molecule has 0 aliphatic heterocycles. The van der Waals surface area contributed by atoms with Crippen LogP contribution in [0.2, 0.25) is 0 Å². The van der Waals surface area contributed by atoms with Crippen molar-refractivity contribution in [3.63, 3.8) is 0 Å². The van der Waals surface area contributed by atoms with Crippen molar-refractivity contribution in [3.8, 4) is 0 Å². The van der Waals surface area contributed by atoms with E-state index in [0.29, 0.717) is 6.61 Å². The fraction of sp³-hybridized carbons (Fsp3) is 1.00. The fourth-order valence-electron chi connectivity index (χ4n) is 4.98. The van der Waals surface area contributed by atoms with Crippen LogP contribution in [0.1, 0.15) is 84.5 Å². The van der Waals surface area contributed by atoms with E-state index < -0.39 is 0 Å². The summed E-state index contributed by atoms with van der Waals surface area (Å²) in [7, 11) is 0. The Morgan fingerprint density at radius 1 is 0.900 bits per heavy atom. The highest BCUT2D eigenvalue weighted by atomic mass is 16.3. The number of aliphatic hydroxyl groups is 1. The highest BCUT2D eigenvalue weighted by Crippen LogP contribution is 2.43. The van der Waals surface area contributed by atoms with Crippen LogP contribution in [0.25, 0.3) is 0 Å². The second-order valence-corrected chi connectivity index (χ2v) is 7.73. The van der Waals surface area contributed by atoms with Crippen LogP contribution in [-0.2, 0) is 0 Å². The molecule has 1 N–H and O–H groups in total. The van der Waals surface area contributed by atoms with Crippen molar-refractivity contribution in [1.29, 1.82) is 0 Å². The summed E-state index contributed by atoms with van der Waals surface area (Å²) in [5.74, 6) is 4.78. The van der Waals surface area contributed by atoms with Gasteiger partial charge in [0, 0.05) is 6.61 Å². The zero-order valence-corrected chi connectivity index (χ0v) is 13.8. The van der Waals surface area contributed by atoms with Gasteiger partial charge in [0.1, 0.15) is 0 Å². The first-order valence-corrected chi connectivity index (χ1v) is 9.35. The maximum absolute atomic E-state index is 9.09. The lowest BCUT2D eigenvalue weighted by Gasteiger charge is -2.39. The van der Waals surface area contributed by atoms with E-state index in [4.69, 9.17) is 5.11 Å². The Labute approximate surface area is 126 Å². The number of rotatable bonds is 6. The molecule has 0 aromatic carbocycles. The van der Waals surface area contributed by atoms with Crippen molar-refractivity contribution < 1.29 is 5.11 Å². The van der Waals surface area contributed by atoms with E-state index in [1.807, 2.05) is 0 Å². The SMILES string of the molecule is CCCC1CCC(C2CCC(C(C)CCO)CC2)CC1. The fourth-order valence-corrected chi connectivity index (χ4v) is 4.98.